The van der Waals surface area contributed by atoms with E-state index in [4.69, 9.17) is 0 Å². The van der Waals surface area contributed by atoms with Gasteiger partial charge in [0.25, 0.3) is 5.91 Å². The zero-order chi connectivity index (χ0) is 16.5. The molecular formula is C18H18N4O2. The van der Waals surface area contributed by atoms with Gasteiger partial charge >= 0.3 is 0 Å². The Balaban J connectivity index is 1.47. The molecule has 4 rings (SSSR count). The van der Waals surface area contributed by atoms with Gasteiger partial charge in [-0.1, -0.05) is 0 Å². The fourth-order valence-electron chi connectivity index (χ4n) is 3.02. The second kappa shape index (κ2) is 5.98. The molecule has 24 heavy (non-hydrogen) atoms. The molecule has 1 atom stereocenters. The number of aliphatic hydroxyl groups is 1. The number of hydrogen-bond acceptors (Lipinski definition) is 4. The second-order valence-electron chi connectivity index (χ2n) is 6.02. The Labute approximate surface area is 139 Å². The Bertz CT molecular complexity index is 872. The van der Waals surface area contributed by atoms with Crippen molar-refractivity contribution < 1.29 is 9.90 Å². The number of hydrogen-bond donors (Lipinski definition) is 3. The van der Waals surface area contributed by atoms with Gasteiger partial charge in [-0.2, -0.15) is 0 Å². The molecule has 1 aliphatic rings. The summed E-state index contributed by atoms with van der Waals surface area (Å²) in [7, 11) is 0. The summed E-state index contributed by atoms with van der Waals surface area (Å²) >= 11 is 0. The highest BCUT2D eigenvalue weighted by atomic mass is 16.3. The topological polar surface area (TPSA) is 81.2 Å². The summed E-state index contributed by atoms with van der Waals surface area (Å²) in [6, 6.07) is 13.0. The fraction of sp³-hybridized carbons (Fsp3) is 0.222. The minimum atomic E-state index is -0.259. The highest BCUT2D eigenvalue weighted by Crippen LogP contribution is 2.22. The molecule has 2 heterocycles. The van der Waals surface area contributed by atoms with E-state index in [1.807, 2.05) is 42.5 Å². The first-order valence-corrected chi connectivity index (χ1v) is 7.96. The number of H-pyrrole nitrogens is 1. The van der Waals surface area contributed by atoms with Gasteiger partial charge in [-0.25, -0.2) is 4.98 Å². The van der Waals surface area contributed by atoms with Crippen LogP contribution in [0.1, 0.15) is 16.8 Å². The number of anilines is 2. The van der Waals surface area contributed by atoms with E-state index in [-0.39, 0.29) is 12.0 Å². The third-order valence-corrected chi connectivity index (χ3v) is 4.34. The van der Waals surface area contributed by atoms with Crippen molar-refractivity contribution in [3.05, 3.63) is 54.4 Å². The van der Waals surface area contributed by atoms with Crippen molar-refractivity contribution in [3.8, 4) is 0 Å². The average Bonchev–Trinajstić information content (AvgIpc) is 3.23. The maximum atomic E-state index is 12.4. The van der Waals surface area contributed by atoms with Crippen molar-refractivity contribution in [1.29, 1.82) is 0 Å². The molecule has 0 saturated carbocycles. The van der Waals surface area contributed by atoms with Crippen LogP contribution in [0.4, 0.5) is 11.4 Å². The predicted molar refractivity (Wildman–Crippen MR) is 93.3 cm³/mol. The number of aliphatic hydroxyl groups excluding tert-OH is 1. The third-order valence-electron chi connectivity index (χ3n) is 4.34. The number of β-amino-alcohol motifs (C(OH)–C–C–N with tert-alkyl or cyclic N) is 1. The van der Waals surface area contributed by atoms with Crippen LogP contribution in [0.2, 0.25) is 0 Å². The van der Waals surface area contributed by atoms with Gasteiger partial charge in [-0.3, -0.25) is 4.79 Å². The van der Waals surface area contributed by atoms with Crippen LogP contribution in [0.5, 0.6) is 0 Å². The van der Waals surface area contributed by atoms with Gasteiger partial charge in [0.2, 0.25) is 0 Å². The zero-order valence-corrected chi connectivity index (χ0v) is 13.1. The summed E-state index contributed by atoms with van der Waals surface area (Å²) in [5.41, 5.74) is 4.11. The van der Waals surface area contributed by atoms with Gasteiger partial charge in [0, 0.05) is 30.0 Å². The molecule has 1 saturated heterocycles. The number of carbonyl (C=O) groups is 1. The first kappa shape index (κ1) is 14.7. The van der Waals surface area contributed by atoms with Crippen molar-refractivity contribution in [2.75, 3.05) is 23.3 Å². The van der Waals surface area contributed by atoms with Gasteiger partial charge < -0.3 is 20.3 Å². The lowest BCUT2D eigenvalue weighted by molar-refractivity contribution is 0.102. The van der Waals surface area contributed by atoms with E-state index < -0.39 is 0 Å². The molecule has 3 N–H and O–H groups in total. The number of nitrogens with zero attached hydrogens (tertiary/aromatic N) is 2. The number of benzene rings is 2. The first-order chi connectivity index (χ1) is 11.7. The van der Waals surface area contributed by atoms with Crippen LogP contribution in [0.3, 0.4) is 0 Å². The zero-order valence-electron chi connectivity index (χ0n) is 13.1. The largest absolute Gasteiger partial charge is 0.391 e. The molecule has 6 nitrogen and oxygen atoms in total. The van der Waals surface area contributed by atoms with Crippen LogP contribution in [-0.4, -0.2) is 40.2 Å². The Morgan fingerprint density at radius 1 is 1.25 bits per heavy atom. The summed E-state index contributed by atoms with van der Waals surface area (Å²) < 4.78 is 0. The lowest BCUT2D eigenvalue weighted by atomic mass is 10.1. The molecule has 1 fully saturated rings. The van der Waals surface area contributed by atoms with Gasteiger partial charge in [0.05, 0.1) is 23.5 Å². The first-order valence-electron chi connectivity index (χ1n) is 7.96. The van der Waals surface area contributed by atoms with Crippen LogP contribution in [-0.2, 0) is 0 Å². The van der Waals surface area contributed by atoms with Gasteiger partial charge in [0.15, 0.2) is 0 Å². The van der Waals surface area contributed by atoms with Crippen LogP contribution in [0.15, 0.2) is 48.8 Å². The Kier molecular flexibility index (Phi) is 3.66. The van der Waals surface area contributed by atoms with E-state index in [1.54, 1.807) is 6.33 Å². The molecule has 0 spiro atoms. The maximum Gasteiger partial charge on any atom is 0.255 e. The van der Waals surface area contributed by atoms with Crippen molar-refractivity contribution >= 4 is 28.3 Å². The fourth-order valence-corrected chi connectivity index (χ4v) is 3.02. The lowest BCUT2D eigenvalue weighted by Gasteiger charge is -2.18. The molecule has 3 aromatic rings. The molecule has 2 aromatic carbocycles. The summed E-state index contributed by atoms with van der Waals surface area (Å²) in [5, 5.41) is 12.5. The van der Waals surface area contributed by atoms with Crippen molar-refractivity contribution in [2.45, 2.75) is 12.5 Å². The van der Waals surface area contributed by atoms with E-state index in [0.717, 1.165) is 35.4 Å². The van der Waals surface area contributed by atoms with Gasteiger partial charge in [-0.15, -0.1) is 0 Å². The van der Waals surface area contributed by atoms with Crippen LogP contribution < -0.4 is 10.2 Å². The third kappa shape index (κ3) is 2.83. The van der Waals surface area contributed by atoms with Crippen molar-refractivity contribution in [2.24, 2.45) is 0 Å². The normalized spacial score (nSPS) is 17.4. The molecule has 6 heteroatoms. The minimum absolute atomic E-state index is 0.151. The molecule has 0 aliphatic carbocycles. The quantitative estimate of drug-likeness (QED) is 0.691. The number of fused-ring (bicyclic) bond motifs is 1. The Morgan fingerprint density at radius 2 is 2.08 bits per heavy atom. The standard InChI is InChI=1S/C18H18N4O2/c23-15-7-8-22(10-15)14-4-1-12(2-5-14)18(24)21-13-3-6-16-17(9-13)20-11-19-16/h1-6,9,11,15,23H,7-8,10H2,(H,19,20)(H,21,24). The second-order valence-corrected chi connectivity index (χ2v) is 6.02. The van der Waals surface area contributed by atoms with Gasteiger partial charge in [0.1, 0.15) is 0 Å². The molecule has 0 bridgehead atoms. The molecule has 1 unspecified atom stereocenters. The van der Waals surface area contributed by atoms with Gasteiger partial charge in [-0.05, 0) is 48.9 Å². The SMILES string of the molecule is O=C(Nc1ccc2nc[nH]c2c1)c1ccc(N2CCC(O)C2)cc1. The van der Waals surface area contributed by atoms with E-state index in [0.29, 0.717) is 12.1 Å². The maximum absolute atomic E-state index is 12.4. The summed E-state index contributed by atoms with van der Waals surface area (Å²) in [6.07, 6.45) is 2.16. The number of carbonyl (C=O) groups excluding carboxylic acids is 1. The Hall–Kier alpha value is -2.86. The molecule has 122 valence electrons. The molecular weight excluding hydrogens is 304 g/mol. The number of amides is 1. The van der Waals surface area contributed by atoms with Crippen LogP contribution in [0, 0.1) is 0 Å². The highest BCUT2D eigenvalue weighted by molar-refractivity contribution is 6.05. The van der Waals surface area contributed by atoms with Crippen LogP contribution in [0.25, 0.3) is 11.0 Å². The smallest absolute Gasteiger partial charge is 0.255 e. The Morgan fingerprint density at radius 3 is 2.83 bits per heavy atom. The summed E-state index contributed by atoms with van der Waals surface area (Å²) in [5.74, 6) is -0.151. The van der Waals surface area contributed by atoms with Crippen LogP contribution >= 0.6 is 0 Å². The number of aromatic amines is 1. The summed E-state index contributed by atoms with van der Waals surface area (Å²) in [4.78, 5) is 21.7. The van der Waals surface area contributed by atoms with E-state index in [9.17, 15) is 9.90 Å². The molecule has 0 radical (unpaired) electrons. The highest BCUT2D eigenvalue weighted by Gasteiger charge is 2.20. The van der Waals surface area contributed by atoms with E-state index >= 15 is 0 Å². The lowest BCUT2D eigenvalue weighted by Crippen LogP contribution is -2.21. The monoisotopic (exact) mass is 322 g/mol. The predicted octanol–water partition coefficient (Wildman–Crippen LogP) is 2.39. The number of nitrogens with one attached hydrogen (secondary N) is 2. The van der Waals surface area contributed by atoms with E-state index in [1.165, 1.54) is 0 Å². The van der Waals surface area contributed by atoms with Crippen molar-refractivity contribution in [1.82, 2.24) is 9.97 Å². The summed E-state index contributed by atoms with van der Waals surface area (Å²) in [6.45, 7) is 1.49. The molecule has 1 amide bonds. The average molecular weight is 322 g/mol. The number of aromatic nitrogens is 2. The molecule has 1 aliphatic heterocycles. The van der Waals surface area contributed by atoms with Crippen molar-refractivity contribution in [3.63, 3.8) is 0 Å². The number of rotatable bonds is 3. The minimum Gasteiger partial charge on any atom is -0.391 e. The molecule has 1 aromatic heterocycles. The number of imidazole rings is 1. The van der Waals surface area contributed by atoms with E-state index in [2.05, 4.69) is 20.2 Å².